The van der Waals surface area contributed by atoms with Crippen molar-refractivity contribution in [3.63, 3.8) is 0 Å². The van der Waals surface area contributed by atoms with Gasteiger partial charge >= 0.3 is 5.97 Å². The lowest BCUT2D eigenvalue weighted by Crippen LogP contribution is -2.24. The van der Waals surface area contributed by atoms with Gasteiger partial charge in [-0.2, -0.15) is 0 Å². The van der Waals surface area contributed by atoms with Gasteiger partial charge in [0.2, 0.25) is 0 Å². The Morgan fingerprint density at radius 2 is 2.08 bits per heavy atom. The fourth-order valence-electron chi connectivity index (χ4n) is 0.839. The quantitative estimate of drug-likeness (QED) is 0.564. The summed E-state index contributed by atoms with van der Waals surface area (Å²) in [5, 5.41) is 9.11. The summed E-state index contributed by atoms with van der Waals surface area (Å²) in [7, 11) is 0. The maximum absolute atomic E-state index is 11.1. The van der Waals surface area contributed by atoms with Gasteiger partial charge in [-0.15, -0.1) is 0 Å². The Labute approximate surface area is 77.0 Å². The minimum Gasteiger partial charge on any atom is -0.425 e. The zero-order valence-corrected chi connectivity index (χ0v) is 7.43. The highest BCUT2D eigenvalue weighted by molar-refractivity contribution is 5.76. The molecule has 0 aliphatic rings. The van der Waals surface area contributed by atoms with E-state index in [4.69, 9.17) is 9.84 Å². The summed E-state index contributed by atoms with van der Waals surface area (Å²) in [6.07, 6.45) is -0.661. The minimum absolute atomic E-state index is 0.367. The molecule has 3 nitrogen and oxygen atoms in total. The van der Waals surface area contributed by atoms with E-state index < -0.39 is 12.1 Å². The summed E-state index contributed by atoms with van der Waals surface area (Å²) in [4.78, 5) is 11.1. The number of para-hydroxylation sites is 1. The Balaban J connectivity index is 2.55. The van der Waals surface area contributed by atoms with Crippen molar-refractivity contribution in [1.29, 1.82) is 0 Å². The number of benzene rings is 1. The molecule has 1 rings (SSSR count). The van der Waals surface area contributed by atoms with E-state index in [0.717, 1.165) is 0 Å². The topological polar surface area (TPSA) is 46.5 Å². The van der Waals surface area contributed by atoms with E-state index in [1.165, 1.54) is 0 Å². The summed E-state index contributed by atoms with van der Waals surface area (Å²) in [6.45, 7) is 1.72. The van der Waals surface area contributed by atoms with Gasteiger partial charge in [-0.25, -0.2) is 4.79 Å². The van der Waals surface area contributed by atoms with Gasteiger partial charge in [0, 0.05) is 0 Å². The number of esters is 1. The molecule has 1 aromatic carbocycles. The first kappa shape index (κ1) is 9.74. The van der Waals surface area contributed by atoms with Crippen molar-refractivity contribution in [3.05, 3.63) is 30.3 Å². The highest BCUT2D eigenvalue weighted by atomic mass is 16.5. The van der Waals surface area contributed by atoms with Crippen LogP contribution in [-0.4, -0.2) is 17.2 Å². The molecule has 70 valence electrons. The van der Waals surface area contributed by atoms with E-state index in [2.05, 4.69) is 0 Å². The number of rotatable bonds is 3. The van der Waals surface area contributed by atoms with Crippen LogP contribution in [-0.2, 0) is 4.79 Å². The van der Waals surface area contributed by atoms with Gasteiger partial charge in [0.25, 0.3) is 0 Å². The summed E-state index contributed by atoms with van der Waals surface area (Å²) in [5.41, 5.74) is 0. The van der Waals surface area contributed by atoms with E-state index in [9.17, 15) is 4.79 Å². The van der Waals surface area contributed by atoms with E-state index in [0.29, 0.717) is 12.2 Å². The normalized spacial score (nSPS) is 12.2. The van der Waals surface area contributed by atoms with Crippen LogP contribution in [0.3, 0.4) is 0 Å². The number of hydrogen-bond donors (Lipinski definition) is 1. The summed E-state index contributed by atoms with van der Waals surface area (Å²) in [6, 6.07) is 8.69. The maximum atomic E-state index is 11.1. The highest BCUT2D eigenvalue weighted by Gasteiger charge is 2.14. The number of hydrogen-bond acceptors (Lipinski definition) is 3. The van der Waals surface area contributed by atoms with Crippen LogP contribution in [0.25, 0.3) is 0 Å². The Kier molecular flexibility index (Phi) is 3.46. The van der Waals surface area contributed by atoms with Gasteiger partial charge < -0.3 is 9.84 Å². The highest BCUT2D eigenvalue weighted by Crippen LogP contribution is 2.09. The van der Waals surface area contributed by atoms with Crippen molar-refractivity contribution in [2.75, 3.05) is 0 Å². The molecule has 0 aliphatic heterocycles. The minimum atomic E-state index is -1.03. The van der Waals surface area contributed by atoms with Crippen LogP contribution in [0.1, 0.15) is 13.3 Å². The monoisotopic (exact) mass is 180 g/mol. The van der Waals surface area contributed by atoms with Crippen molar-refractivity contribution >= 4 is 5.97 Å². The molecule has 0 heterocycles. The van der Waals surface area contributed by atoms with Gasteiger partial charge in [-0.1, -0.05) is 25.1 Å². The van der Waals surface area contributed by atoms with Crippen molar-refractivity contribution in [2.24, 2.45) is 0 Å². The first-order chi connectivity index (χ1) is 6.24. The van der Waals surface area contributed by atoms with Crippen LogP contribution in [0.2, 0.25) is 0 Å². The lowest BCUT2D eigenvalue weighted by atomic mass is 10.3. The van der Waals surface area contributed by atoms with E-state index in [1.807, 2.05) is 6.07 Å². The van der Waals surface area contributed by atoms with Crippen LogP contribution in [0.4, 0.5) is 0 Å². The number of carbonyl (C=O) groups excluding carboxylic acids is 1. The number of aliphatic hydroxyl groups excluding tert-OH is 1. The Morgan fingerprint density at radius 3 is 2.62 bits per heavy atom. The lowest BCUT2D eigenvalue weighted by molar-refractivity contribution is -0.143. The largest absolute Gasteiger partial charge is 0.425 e. The second kappa shape index (κ2) is 4.62. The molecule has 0 radical (unpaired) electrons. The number of carbonyl (C=O) groups is 1. The van der Waals surface area contributed by atoms with Crippen molar-refractivity contribution in [3.8, 4) is 5.75 Å². The Morgan fingerprint density at radius 1 is 1.46 bits per heavy atom. The van der Waals surface area contributed by atoms with Gasteiger partial charge in [0.15, 0.2) is 6.10 Å². The van der Waals surface area contributed by atoms with Crippen molar-refractivity contribution in [2.45, 2.75) is 19.4 Å². The SMILES string of the molecule is CCC(O)C(=O)Oc1ccccc1. The average Bonchev–Trinajstić information content (AvgIpc) is 2.18. The average molecular weight is 180 g/mol. The van der Waals surface area contributed by atoms with Gasteiger partial charge in [-0.3, -0.25) is 0 Å². The molecule has 3 heteroatoms. The van der Waals surface area contributed by atoms with Crippen LogP contribution < -0.4 is 4.74 Å². The summed E-state index contributed by atoms with van der Waals surface area (Å²) in [5.74, 6) is -0.145. The van der Waals surface area contributed by atoms with E-state index in [1.54, 1.807) is 31.2 Å². The lowest BCUT2D eigenvalue weighted by Gasteiger charge is -2.07. The molecule has 1 atom stereocenters. The van der Waals surface area contributed by atoms with Gasteiger partial charge in [-0.05, 0) is 18.6 Å². The second-order valence-corrected chi connectivity index (χ2v) is 2.66. The molecule has 1 unspecified atom stereocenters. The summed E-state index contributed by atoms with van der Waals surface area (Å²) >= 11 is 0. The van der Waals surface area contributed by atoms with Crippen molar-refractivity contribution < 1.29 is 14.6 Å². The van der Waals surface area contributed by atoms with Gasteiger partial charge in [0.05, 0.1) is 0 Å². The third-order valence-electron chi connectivity index (χ3n) is 1.62. The smallest absolute Gasteiger partial charge is 0.340 e. The fourth-order valence-corrected chi connectivity index (χ4v) is 0.839. The molecular formula is C10H12O3. The zero-order valence-electron chi connectivity index (χ0n) is 7.43. The molecule has 0 aromatic heterocycles. The number of ether oxygens (including phenoxy) is 1. The molecule has 0 bridgehead atoms. The third-order valence-corrected chi connectivity index (χ3v) is 1.62. The summed E-state index contributed by atoms with van der Waals surface area (Å²) < 4.78 is 4.88. The maximum Gasteiger partial charge on any atom is 0.340 e. The molecule has 1 N–H and O–H groups in total. The zero-order chi connectivity index (χ0) is 9.68. The van der Waals surface area contributed by atoms with Crippen LogP contribution in [0.15, 0.2) is 30.3 Å². The first-order valence-electron chi connectivity index (χ1n) is 4.19. The predicted octanol–water partition coefficient (Wildman–Crippen LogP) is 1.36. The molecular weight excluding hydrogens is 168 g/mol. The van der Waals surface area contributed by atoms with Gasteiger partial charge in [0.1, 0.15) is 5.75 Å². The standard InChI is InChI=1S/C10H12O3/c1-2-9(11)10(12)13-8-6-4-3-5-7-8/h3-7,9,11H,2H2,1H3. The first-order valence-corrected chi connectivity index (χ1v) is 4.19. The molecule has 0 spiro atoms. The van der Waals surface area contributed by atoms with E-state index in [-0.39, 0.29) is 0 Å². The Hall–Kier alpha value is -1.35. The van der Waals surface area contributed by atoms with E-state index >= 15 is 0 Å². The molecule has 0 saturated heterocycles. The van der Waals surface area contributed by atoms with Crippen molar-refractivity contribution in [1.82, 2.24) is 0 Å². The second-order valence-electron chi connectivity index (χ2n) is 2.66. The fraction of sp³-hybridized carbons (Fsp3) is 0.300. The molecule has 0 amide bonds. The predicted molar refractivity (Wildman–Crippen MR) is 48.4 cm³/mol. The third kappa shape index (κ3) is 2.87. The molecule has 0 fully saturated rings. The number of aliphatic hydroxyl groups is 1. The molecule has 13 heavy (non-hydrogen) atoms. The molecule has 0 saturated carbocycles. The Bertz CT molecular complexity index is 269. The van der Waals surface area contributed by atoms with Crippen LogP contribution >= 0.6 is 0 Å². The molecule has 0 aliphatic carbocycles. The van der Waals surface area contributed by atoms with Crippen LogP contribution in [0, 0.1) is 0 Å². The molecule has 1 aromatic rings. The van der Waals surface area contributed by atoms with Crippen LogP contribution in [0.5, 0.6) is 5.75 Å².